The van der Waals surface area contributed by atoms with Crippen molar-refractivity contribution >= 4 is 15.7 Å². The van der Waals surface area contributed by atoms with Gasteiger partial charge in [0, 0.05) is 13.1 Å². The van der Waals surface area contributed by atoms with E-state index in [1.165, 1.54) is 19.1 Å². The highest BCUT2D eigenvalue weighted by atomic mass is 32.2. The first-order valence-corrected chi connectivity index (χ1v) is 7.06. The first-order chi connectivity index (χ1) is 8.84. The largest absolute Gasteiger partial charge is 0.396 e. The smallest absolute Gasteiger partial charge is 0.243 e. The fourth-order valence-electron chi connectivity index (χ4n) is 1.63. The van der Waals surface area contributed by atoms with Crippen molar-refractivity contribution in [1.82, 2.24) is 4.31 Å². The molecule has 0 unspecified atom stereocenters. The Bertz CT molecular complexity index is 549. The normalized spacial score (nSPS) is 11.8. The summed E-state index contributed by atoms with van der Waals surface area (Å²) < 4.78 is 39.1. The Morgan fingerprint density at radius 2 is 2.16 bits per heavy atom. The Morgan fingerprint density at radius 1 is 1.53 bits per heavy atom. The summed E-state index contributed by atoms with van der Waals surface area (Å²) in [6.45, 7) is 4.58. The zero-order valence-corrected chi connectivity index (χ0v) is 11.5. The van der Waals surface area contributed by atoms with E-state index in [4.69, 9.17) is 10.8 Å². The van der Waals surface area contributed by atoms with E-state index in [2.05, 4.69) is 6.58 Å². The van der Waals surface area contributed by atoms with Crippen LogP contribution in [0.25, 0.3) is 0 Å². The number of nitrogens with two attached hydrogens (primary N) is 1. The van der Waals surface area contributed by atoms with Gasteiger partial charge in [0.2, 0.25) is 10.0 Å². The van der Waals surface area contributed by atoms with Gasteiger partial charge in [0.05, 0.1) is 17.2 Å². The third kappa shape index (κ3) is 3.31. The van der Waals surface area contributed by atoms with Crippen LogP contribution in [0.15, 0.2) is 29.7 Å². The molecule has 0 saturated heterocycles. The van der Waals surface area contributed by atoms with Crippen molar-refractivity contribution in [3.8, 4) is 0 Å². The Hall–Kier alpha value is -1.44. The molecule has 0 fully saturated rings. The first-order valence-electron chi connectivity index (χ1n) is 5.62. The van der Waals surface area contributed by atoms with Gasteiger partial charge in [-0.1, -0.05) is 6.08 Å². The van der Waals surface area contributed by atoms with E-state index in [0.29, 0.717) is 0 Å². The number of halogens is 1. The van der Waals surface area contributed by atoms with Crippen LogP contribution in [-0.4, -0.2) is 37.5 Å². The molecule has 0 aliphatic carbocycles. The lowest BCUT2D eigenvalue weighted by Gasteiger charge is -2.20. The second-order valence-corrected chi connectivity index (χ2v) is 5.96. The number of nitrogen functional groups attached to an aromatic ring is 1. The monoisotopic (exact) mass is 288 g/mol. The summed E-state index contributed by atoms with van der Waals surface area (Å²) in [7, 11) is -3.83. The summed E-state index contributed by atoms with van der Waals surface area (Å²) in [6, 6.07) is 2.29. The molecule has 0 heterocycles. The number of aliphatic hydroxyl groups excluding tert-OH is 1. The van der Waals surface area contributed by atoms with E-state index in [0.717, 1.165) is 10.4 Å². The highest BCUT2D eigenvalue weighted by Gasteiger charge is 2.24. The summed E-state index contributed by atoms with van der Waals surface area (Å²) in [5.74, 6) is -0.628. The van der Waals surface area contributed by atoms with Crippen LogP contribution in [0.5, 0.6) is 0 Å². The Labute approximate surface area is 112 Å². The van der Waals surface area contributed by atoms with Gasteiger partial charge in [-0.15, -0.1) is 6.58 Å². The lowest BCUT2D eigenvalue weighted by Crippen LogP contribution is -2.33. The van der Waals surface area contributed by atoms with Crippen molar-refractivity contribution in [2.45, 2.75) is 11.8 Å². The number of sulfonamides is 1. The Balaban J connectivity index is 3.28. The number of rotatable bonds is 6. The van der Waals surface area contributed by atoms with Gasteiger partial charge in [0.15, 0.2) is 0 Å². The second kappa shape index (κ2) is 6.14. The van der Waals surface area contributed by atoms with Crippen LogP contribution in [0, 0.1) is 12.7 Å². The maximum absolute atomic E-state index is 13.4. The molecule has 106 valence electrons. The Morgan fingerprint density at radius 3 is 2.63 bits per heavy atom. The molecule has 0 bridgehead atoms. The van der Waals surface area contributed by atoms with E-state index in [1.54, 1.807) is 0 Å². The number of hydrogen-bond donors (Lipinski definition) is 2. The average molecular weight is 288 g/mol. The first kappa shape index (κ1) is 15.6. The summed E-state index contributed by atoms with van der Waals surface area (Å²) in [6.07, 6.45) is 1.41. The molecule has 5 nitrogen and oxygen atoms in total. The molecule has 1 aromatic rings. The minimum absolute atomic E-state index is 0.0548. The van der Waals surface area contributed by atoms with Crippen molar-refractivity contribution in [2.75, 3.05) is 25.4 Å². The second-order valence-electron chi connectivity index (χ2n) is 4.02. The van der Waals surface area contributed by atoms with Gasteiger partial charge in [0.1, 0.15) is 5.82 Å². The molecule has 0 aromatic heterocycles. The number of hydrogen-bond acceptors (Lipinski definition) is 4. The molecular formula is C12H17FN2O3S. The van der Waals surface area contributed by atoms with Crippen molar-refractivity contribution in [2.24, 2.45) is 0 Å². The topological polar surface area (TPSA) is 83.6 Å². The van der Waals surface area contributed by atoms with Gasteiger partial charge in [-0.2, -0.15) is 4.31 Å². The lowest BCUT2D eigenvalue weighted by molar-refractivity contribution is 0.260. The van der Waals surface area contributed by atoms with E-state index in [-0.39, 0.29) is 35.8 Å². The molecular weight excluding hydrogens is 271 g/mol. The highest BCUT2D eigenvalue weighted by Crippen LogP contribution is 2.23. The summed E-state index contributed by atoms with van der Waals surface area (Å²) in [5.41, 5.74) is 5.37. The molecule has 7 heteroatoms. The minimum Gasteiger partial charge on any atom is -0.396 e. The lowest BCUT2D eigenvalue weighted by atomic mass is 10.2. The molecule has 0 saturated carbocycles. The van der Waals surface area contributed by atoms with Crippen LogP contribution in [0.4, 0.5) is 10.1 Å². The predicted molar refractivity (Wildman–Crippen MR) is 71.6 cm³/mol. The number of aryl methyl sites for hydroxylation is 1. The zero-order chi connectivity index (χ0) is 14.6. The predicted octanol–water partition coefficient (Wildman–Crippen LogP) is 0.885. The molecule has 0 aliphatic heterocycles. The van der Waals surface area contributed by atoms with Crippen molar-refractivity contribution in [1.29, 1.82) is 0 Å². The van der Waals surface area contributed by atoms with Gasteiger partial charge < -0.3 is 10.8 Å². The third-order valence-corrected chi connectivity index (χ3v) is 4.42. The van der Waals surface area contributed by atoms with Crippen LogP contribution in [0.1, 0.15) is 5.56 Å². The molecule has 19 heavy (non-hydrogen) atoms. The highest BCUT2D eigenvalue weighted by molar-refractivity contribution is 7.89. The Kier molecular flexibility index (Phi) is 5.04. The molecule has 0 spiro atoms. The number of anilines is 1. The van der Waals surface area contributed by atoms with Crippen molar-refractivity contribution in [3.05, 3.63) is 36.2 Å². The molecule has 0 aliphatic rings. The molecule has 0 atom stereocenters. The van der Waals surface area contributed by atoms with E-state index in [1.807, 2.05) is 0 Å². The molecule has 0 radical (unpaired) electrons. The molecule has 1 aromatic carbocycles. The van der Waals surface area contributed by atoms with Crippen LogP contribution < -0.4 is 5.73 Å². The molecule has 3 N–H and O–H groups in total. The van der Waals surface area contributed by atoms with Gasteiger partial charge in [-0.3, -0.25) is 0 Å². The standard InChI is InChI=1S/C12H17FN2O3S/c1-3-4-15(5-6-16)19(17,18)10-7-9(2)12(13)11(14)8-10/h3,7-8,16H,1,4-6,14H2,2H3. The fraction of sp³-hybridized carbons (Fsp3) is 0.333. The zero-order valence-electron chi connectivity index (χ0n) is 10.6. The van der Waals surface area contributed by atoms with Crippen molar-refractivity contribution < 1.29 is 17.9 Å². The molecule has 0 amide bonds. The minimum atomic E-state index is -3.83. The number of nitrogens with zero attached hydrogens (tertiary/aromatic N) is 1. The molecule has 1 rings (SSSR count). The third-order valence-electron chi connectivity index (χ3n) is 2.58. The van der Waals surface area contributed by atoms with Crippen LogP contribution >= 0.6 is 0 Å². The number of aliphatic hydroxyl groups is 1. The van der Waals surface area contributed by atoms with Crippen LogP contribution in [0.2, 0.25) is 0 Å². The maximum atomic E-state index is 13.4. The number of benzene rings is 1. The van der Waals surface area contributed by atoms with Gasteiger partial charge in [-0.05, 0) is 24.6 Å². The SMILES string of the molecule is C=CCN(CCO)S(=O)(=O)c1cc(C)c(F)c(N)c1. The van der Waals surface area contributed by atoms with E-state index >= 15 is 0 Å². The fourth-order valence-corrected chi connectivity index (χ4v) is 3.15. The maximum Gasteiger partial charge on any atom is 0.243 e. The summed E-state index contributed by atoms with van der Waals surface area (Å²) in [4.78, 5) is -0.0980. The van der Waals surface area contributed by atoms with Gasteiger partial charge in [-0.25, -0.2) is 12.8 Å². The quantitative estimate of drug-likeness (QED) is 0.601. The van der Waals surface area contributed by atoms with E-state index in [9.17, 15) is 12.8 Å². The van der Waals surface area contributed by atoms with Crippen LogP contribution in [0.3, 0.4) is 0 Å². The summed E-state index contributed by atoms with van der Waals surface area (Å²) in [5, 5.41) is 8.90. The summed E-state index contributed by atoms with van der Waals surface area (Å²) >= 11 is 0. The van der Waals surface area contributed by atoms with Gasteiger partial charge >= 0.3 is 0 Å². The van der Waals surface area contributed by atoms with Crippen molar-refractivity contribution in [3.63, 3.8) is 0 Å². The van der Waals surface area contributed by atoms with Crippen LogP contribution in [-0.2, 0) is 10.0 Å². The average Bonchev–Trinajstić information content (AvgIpc) is 2.35. The van der Waals surface area contributed by atoms with E-state index < -0.39 is 15.8 Å². The van der Waals surface area contributed by atoms with Gasteiger partial charge in [0.25, 0.3) is 0 Å².